The fraction of sp³-hybridized carbons (Fsp3) is 0.300. The van der Waals surface area contributed by atoms with Gasteiger partial charge in [-0.3, -0.25) is 0 Å². The van der Waals surface area contributed by atoms with Crippen LogP contribution in [0, 0.1) is 0 Å². The van der Waals surface area contributed by atoms with E-state index in [9.17, 15) is 0 Å². The van der Waals surface area contributed by atoms with Crippen molar-refractivity contribution in [3.8, 4) is 0 Å². The van der Waals surface area contributed by atoms with E-state index in [0.717, 1.165) is 10.9 Å². The molecule has 3 aromatic carbocycles. The topological polar surface area (TPSA) is 0 Å². The third-order valence-electron chi connectivity index (χ3n) is 4.14. The van der Waals surface area contributed by atoms with Crippen LogP contribution in [-0.4, -0.2) is 32.2 Å². The van der Waals surface area contributed by atoms with Crippen LogP contribution in [0.2, 0.25) is 0 Å². The SMILES string of the molecule is C[N+](C)(C)CCCc1c2ccccc2cc2ccccc12.[Br-]. The summed E-state index contributed by atoms with van der Waals surface area (Å²) in [6, 6.07) is 19.9. The molecule has 0 fully saturated rings. The van der Waals surface area contributed by atoms with Gasteiger partial charge in [0.05, 0.1) is 27.7 Å². The van der Waals surface area contributed by atoms with Crippen molar-refractivity contribution in [2.45, 2.75) is 12.8 Å². The molecule has 0 aliphatic heterocycles. The normalized spacial score (nSPS) is 11.6. The molecule has 0 aliphatic carbocycles. The van der Waals surface area contributed by atoms with Crippen molar-refractivity contribution in [3.63, 3.8) is 0 Å². The molecule has 0 aliphatic rings. The molecular weight excluding hydrogens is 334 g/mol. The van der Waals surface area contributed by atoms with Crippen molar-refractivity contribution in [1.82, 2.24) is 0 Å². The minimum Gasteiger partial charge on any atom is -1.00 e. The first kappa shape index (κ1) is 17.0. The summed E-state index contributed by atoms with van der Waals surface area (Å²) < 4.78 is 1.03. The molecule has 0 radical (unpaired) electrons. The Kier molecular flexibility index (Phi) is 5.25. The second-order valence-corrected chi connectivity index (χ2v) is 6.91. The van der Waals surface area contributed by atoms with E-state index in [4.69, 9.17) is 0 Å². The number of fused-ring (bicyclic) bond motifs is 2. The van der Waals surface area contributed by atoms with Crippen molar-refractivity contribution in [1.29, 1.82) is 0 Å². The molecule has 0 unspecified atom stereocenters. The summed E-state index contributed by atoms with van der Waals surface area (Å²) in [5, 5.41) is 5.54. The Bertz CT molecular complexity index is 717. The van der Waals surface area contributed by atoms with Crippen LogP contribution in [0.3, 0.4) is 0 Å². The smallest absolute Gasteiger partial charge is 0.0783 e. The largest absolute Gasteiger partial charge is 1.00 e. The second-order valence-electron chi connectivity index (χ2n) is 6.91. The van der Waals surface area contributed by atoms with Crippen LogP contribution in [0.4, 0.5) is 0 Å². The van der Waals surface area contributed by atoms with Gasteiger partial charge in [0, 0.05) is 6.42 Å². The minimum atomic E-state index is 0. The van der Waals surface area contributed by atoms with Gasteiger partial charge in [-0.25, -0.2) is 0 Å². The molecule has 22 heavy (non-hydrogen) atoms. The standard InChI is InChI=1S/C20H24N.BrH/c1-21(2,3)14-8-13-20-18-11-6-4-9-16(18)15-17-10-5-7-12-19(17)20;/h4-7,9-12,15H,8,13-14H2,1-3H3;1H/q+1;/p-1. The lowest BCUT2D eigenvalue weighted by Crippen LogP contribution is -3.00. The molecule has 0 amide bonds. The van der Waals surface area contributed by atoms with E-state index in [1.54, 1.807) is 0 Å². The van der Waals surface area contributed by atoms with Crippen LogP contribution in [0.25, 0.3) is 21.5 Å². The molecule has 0 bridgehead atoms. The number of nitrogens with zero attached hydrogens (tertiary/aromatic N) is 1. The molecule has 0 spiro atoms. The highest BCUT2D eigenvalue weighted by Crippen LogP contribution is 2.29. The minimum absolute atomic E-state index is 0. The third-order valence-corrected chi connectivity index (χ3v) is 4.14. The third kappa shape index (κ3) is 3.68. The highest BCUT2D eigenvalue weighted by molar-refractivity contribution is 6.02. The summed E-state index contributed by atoms with van der Waals surface area (Å²) in [6.45, 7) is 1.21. The van der Waals surface area contributed by atoms with Crippen molar-refractivity contribution in [2.75, 3.05) is 27.7 Å². The first-order valence-electron chi connectivity index (χ1n) is 7.74. The molecule has 3 aromatic rings. The van der Waals surface area contributed by atoms with E-state index >= 15 is 0 Å². The number of rotatable bonds is 4. The average Bonchev–Trinajstić information content (AvgIpc) is 2.45. The number of quaternary nitrogens is 1. The Balaban J connectivity index is 0.00000176. The van der Waals surface area contributed by atoms with E-state index in [1.807, 2.05) is 0 Å². The van der Waals surface area contributed by atoms with Gasteiger partial charge < -0.3 is 21.5 Å². The van der Waals surface area contributed by atoms with E-state index in [1.165, 1.54) is 40.1 Å². The number of aryl methyl sites for hydroxylation is 1. The van der Waals surface area contributed by atoms with E-state index in [2.05, 4.69) is 75.7 Å². The van der Waals surface area contributed by atoms with Crippen LogP contribution in [0.15, 0.2) is 54.6 Å². The maximum absolute atomic E-state index is 2.31. The summed E-state index contributed by atoms with van der Waals surface area (Å²) in [6.07, 6.45) is 2.37. The van der Waals surface area contributed by atoms with Crippen LogP contribution in [-0.2, 0) is 6.42 Å². The lowest BCUT2D eigenvalue weighted by molar-refractivity contribution is -0.870. The van der Waals surface area contributed by atoms with Gasteiger partial charge in [-0.05, 0) is 39.6 Å². The van der Waals surface area contributed by atoms with Crippen LogP contribution in [0.1, 0.15) is 12.0 Å². The van der Waals surface area contributed by atoms with Crippen LogP contribution < -0.4 is 17.0 Å². The molecule has 3 rings (SSSR count). The maximum atomic E-state index is 2.31. The molecule has 116 valence electrons. The summed E-state index contributed by atoms with van der Waals surface area (Å²) in [5.74, 6) is 0. The molecule has 0 atom stereocenters. The summed E-state index contributed by atoms with van der Waals surface area (Å²) >= 11 is 0. The summed E-state index contributed by atoms with van der Waals surface area (Å²) in [4.78, 5) is 0. The monoisotopic (exact) mass is 357 g/mol. The second kappa shape index (κ2) is 6.80. The van der Waals surface area contributed by atoms with Gasteiger partial charge in [0.2, 0.25) is 0 Å². The highest BCUT2D eigenvalue weighted by Gasteiger charge is 2.10. The Morgan fingerprint density at radius 1 is 0.773 bits per heavy atom. The highest BCUT2D eigenvalue weighted by atomic mass is 79.9. The van der Waals surface area contributed by atoms with Crippen molar-refractivity contribution in [3.05, 3.63) is 60.2 Å². The predicted octanol–water partition coefficient (Wildman–Crippen LogP) is 1.64. The fourth-order valence-electron chi connectivity index (χ4n) is 3.11. The molecule has 0 saturated heterocycles. The number of halogens is 1. The Morgan fingerprint density at radius 3 is 1.77 bits per heavy atom. The first-order chi connectivity index (χ1) is 10.0. The molecular formula is C20H24BrN. The first-order valence-corrected chi connectivity index (χ1v) is 7.74. The van der Waals surface area contributed by atoms with Crippen molar-refractivity contribution < 1.29 is 21.5 Å². The van der Waals surface area contributed by atoms with Crippen LogP contribution >= 0.6 is 0 Å². The number of hydrogen-bond acceptors (Lipinski definition) is 0. The van der Waals surface area contributed by atoms with Gasteiger partial charge in [-0.2, -0.15) is 0 Å². The van der Waals surface area contributed by atoms with E-state index in [0.29, 0.717) is 0 Å². The quantitative estimate of drug-likeness (QED) is 0.491. The average molecular weight is 358 g/mol. The molecule has 0 heterocycles. The molecule has 2 heteroatoms. The Labute approximate surface area is 143 Å². The maximum Gasteiger partial charge on any atom is 0.0783 e. The Morgan fingerprint density at radius 2 is 1.27 bits per heavy atom. The summed E-state index contributed by atoms with van der Waals surface area (Å²) in [7, 11) is 6.80. The molecule has 0 N–H and O–H groups in total. The fourth-order valence-corrected chi connectivity index (χ4v) is 3.11. The zero-order chi connectivity index (χ0) is 14.9. The van der Waals surface area contributed by atoms with Crippen molar-refractivity contribution >= 4 is 21.5 Å². The van der Waals surface area contributed by atoms with Gasteiger partial charge in [0.25, 0.3) is 0 Å². The van der Waals surface area contributed by atoms with Gasteiger partial charge >= 0.3 is 0 Å². The Hall–Kier alpha value is -1.38. The number of hydrogen-bond donors (Lipinski definition) is 0. The summed E-state index contributed by atoms with van der Waals surface area (Å²) in [5.41, 5.74) is 1.51. The van der Waals surface area contributed by atoms with Gasteiger partial charge in [0.1, 0.15) is 0 Å². The lowest BCUT2D eigenvalue weighted by atomic mass is 9.94. The predicted molar refractivity (Wildman–Crippen MR) is 92.7 cm³/mol. The zero-order valence-electron chi connectivity index (χ0n) is 13.6. The van der Waals surface area contributed by atoms with Gasteiger partial charge in [-0.1, -0.05) is 48.5 Å². The van der Waals surface area contributed by atoms with Crippen molar-refractivity contribution in [2.24, 2.45) is 0 Å². The van der Waals surface area contributed by atoms with Crippen LogP contribution in [0.5, 0.6) is 0 Å². The lowest BCUT2D eigenvalue weighted by Gasteiger charge is -2.24. The molecule has 0 aromatic heterocycles. The van der Waals surface area contributed by atoms with Gasteiger partial charge in [0.15, 0.2) is 0 Å². The molecule has 0 saturated carbocycles. The molecule has 1 nitrogen and oxygen atoms in total. The van der Waals surface area contributed by atoms with Gasteiger partial charge in [-0.15, -0.1) is 0 Å². The zero-order valence-corrected chi connectivity index (χ0v) is 15.2. The number of benzene rings is 3. The van der Waals surface area contributed by atoms with E-state index < -0.39 is 0 Å². The van der Waals surface area contributed by atoms with E-state index in [-0.39, 0.29) is 17.0 Å².